The van der Waals surface area contributed by atoms with Gasteiger partial charge in [-0.05, 0) is 56.2 Å². The fourth-order valence-electron chi connectivity index (χ4n) is 2.43. The van der Waals surface area contributed by atoms with E-state index in [0.717, 1.165) is 16.7 Å². The molecule has 0 bridgehead atoms. The van der Waals surface area contributed by atoms with Gasteiger partial charge < -0.3 is 14.0 Å². The fraction of sp³-hybridized carbons (Fsp3) is 0.250. The molecule has 0 fully saturated rings. The van der Waals surface area contributed by atoms with Gasteiger partial charge >= 0.3 is 5.97 Å². The van der Waals surface area contributed by atoms with Crippen LogP contribution in [0.2, 0.25) is 0 Å². The van der Waals surface area contributed by atoms with Crippen molar-refractivity contribution in [3.8, 4) is 17.1 Å². The zero-order chi connectivity index (χ0) is 18.5. The molecule has 0 aliphatic rings. The highest BCUT2D eigenvalue weighted by molar-refractivity contribution is 5.89. The van der Waals surface area contributed by atoms with Crippen molar-refractivity contribution in [3.05, 3.63) is 65.0 Å². The fourth-order valence-corrected chi connectivity index (χ4v) is 2.43. The Kier molecular flexibility index (Phi) is 5.31. The lowest BCUT2D eigenvalue weighted by Crippen LogP contribution is -2.06. The van der Waals surface area contributed by atoms with Crippen molar-refractivity contribution in [2.45, 2.75) is 27.4 Å². The number of esters is 1. The van der Waals surface area contributed by atoms with Crippen LogP contribution in [0.25, 0.3) is 11.4 Å². The van der Waals surface area contributed by atoms with Gasteiger partial charge in [0.25, 0.3) is 5.89 Å². The Bertz CT molecular complexity index is 918. The molecule has 0 atom stereocenters. The Morgan fingerprint density at radius 1 is 1.12 bits per heavy atom. The van der Waals surface area contributed by atoms with Gasteiger partial charge in [-0.25, -0.2) is 4.79 Å². The minimum Gasteiger partial charge on any atom is -0.493 e. The third-order valence-corrected chi connectivity index (χ3v) is 3.97. The highest BCUT2D eigenvalue weighted by Gasteiger charge is 2.15. The molecule has 6 nitrogen and oxygen atoms in total. The molecule has 1 aromatic heterocycles. The van der Waals surface area contributed by atoms with Gasteiger partial charge in [0.15, 0.2) is 6.61 Å². The summed E-state index contributed by atoms with van der Waals surface area (Å²) in [5.41, 5.74) is 3.38. The molecule has 1 heterocycles. The van der Waals surface area contributed by atoms with E-state index < -0.39 is 5.97 Å². The van der Waals surface area contributed by atoms with Crippen molar-refractivity contribution in [2.24, 2.45) is 0 Å². The van der Waals surface area contributed by atoms with E-state index in [2.05, 4.69) is 10.1 Å². The van der Waals surface area contributed by atoms with E-state index in [9.17, 15) is 4.79 Å². The molecule has 6 heteroatoms. The molecule has 26 heavy (non-hydrogen) atoms. The van der Waals surface area contributed by atoms with Gasteiger partial charge in [-0.1, -0.05) is 23.4 Å². The van der Waals surface area contributed by atoms with Gasteiger partial charge in [-0.15, -0.1) is 0 Å². The summed E-state index contributed by atoms with van der Waals surface area (Å²) < 4.78 is 16.0. The molecule has 0 saturated carbocycles. The van der Waals surface area contributed by atoms with E-state index in [1.165, 1.54) is 0 Å². The average molecular weight is 352 g/mol. The van der Waals surface area contributed by atoms with Crippen molar-refractivity contribution in [2.75, 3.05) is 6.61 Å². The van der Waals surface area contributed by atoms with Gasteiger partial charge in [0.2, 0.25) is 5.82 Å². The first-order chi connectivity index (χ1) is 12.6. The maximum Gasteiger partial charge on any atom is 0.338 e. The van der Waals surface area contributed by atoms with Gasteiger partial charge in [0, 0.05) is 0 Å². The summed E-state index contributed by atoms with van der Waals surface area (Å²) in [4.78, 5) is 16.5. The summed E-state index contributed by atoms with van der Waals surface area (Å²) in [6.45, 7) is 6.30. The van der Waals surface area contributed by atoms with E-state index in [1.54, 1.807) is 12.1 Å². The molecule has 3 rings (SSSR count). The van der Waals surface area contributed by atoms with Crippen LogP contribution in [0.5, 0.6) is 5.75 Å². The molecular formula is C20H20N2O4. The SMILES string of the molecule is CCOc1ccccc1-c1noc(COC(=O)c2ccc(C)c(C)c2)n1. The monoisotopic (exact) mass is 352 g/mol. The number of benzene rings is 2. The summed E-state index contributed by atoms with van der Waals surface area (Å²) in [6.07, 6.45) is 0. The number of carbonyl (C=O) groups is 1. The Balaban J connectivity index is 1.69. The van der Waals surface area contributed by atoms with Crippen molar-refractivity contribution in [1.29, 1.82) is 0 Å². The van der Waals surface area contributed by atoms with Crippen LogP contribution in [0.15, 0.2) is 47.0 Å². The number of hydrogen-bond acceptors (Lipinski definition) is 6. The highest BCUT2D eigenvalue weighted by atomic mass is 16.6. The first kappa shape index (κ1) is 17.7. The Labute approximate surface area is 151 Å². The van der Waals surface area contributed by atoms with Gasteiger partial charge in [0.05, 0.1) is 17.7 Å². The van der Waals surface area contributed by atoms with Crippen molar-refractivity contribution in [3.63, 3.8) is 0 Å². The van der Waals surface area contributed by atoms with Gasteiger partial charge in [-0.2, -0.15) is 4.98 Å². The molecule has 0 saturated heterocycles. The molecule has 0 N–H and O–H groups in total. The van der Waals surface area contributed by atoms with Crippen LogP contribution >= 0.6 is 0 Å². The lowest BCUT2D eigenvalue weighted by molar-refractivity contribution is 0.0429. The topological polar surface area (TPSA) is 74.5 Å². The summed E-state index contributed by atoms with van der Waals surface area (Å²) in [7, 11) is 0. The largest absolute Gasteiger partial charge is 0.493 e. The molecule has 0 spiro atoms. The van der Waals surface area contributed by atoms with Crippen LogP contribution in [0.1, 0.15) is 34.3 Å². The van der Waals surface area contributed by atoms with Crippen molar-refractivity contribution < 1.29 is 18.8 Å². The summed E-state index contributed by atoms with van der Waals surface area (Å²) in [5, 5.41) is 3.95. The summed E-state index contributed by atoms with van der Waals surface area (Å²) in [6, 6.07) is 12.9. The number of aromatic nitrogens is 2. The van der Waals surface area contributed by atoms with Gasteiger partial charge in [-0.3, -0.25) is 0 Å². The van der Waals surface area contributed by atoms with E-state index in [-0.39, 0.29) is 12.5 Å². The molecule has 0 aliphatic carbocycles. The molecule has 3 aromatic rings. The number of ether oxygens (including phenoxy) is 2. The number of aryl methyl sites for hydroxylation is 2. The lowest BCUT2D eigenvalue weighted by atomic mass is 10.1. The Hall–Kier alpha value is -3.15. The average Bonchev–Trinajstić information content (AvgIpc) is 3.11. The number of para-hydroxylation sites is 1. The Morgan fingerprint density at radius 2 is 1.92 bits per heavy atom. The predicted molar refractivity (Wildman–Crippen MR) is 95.9 cm³/mol. The zero-order valence-electron chi connectivity index (χ0n) is 15.0. The van der Waals surface area contributed by atoms with E-state index in [0.29, 0.717) is 23.7 Å². The molecule has 0 unspecified atom stereocenters. The van der Waals surface area contributed by atoms with Crippen LogP contribution < -0.4 is 4.74 Å². The highest BCUT2D eigenvalue weighted by Crippen LogP contribution is 2.27. The standard InChI is InChI=1S/C20H20N2O4/c1-4-24-17-8-6-5-7-16(17)19-21-18(26-22-19)12-25-20(23)15-10-9-13(2)14(3)11-15/h5-11H,4,12H2,1-3H3. The maximum atomic E-state index is 12.2. The first-order valence-corrected chi connectivity index (χ1v) is 8.37. The molecule has 134 valence electrons. The number of carbonyl (C=O) groups excluding carboxylic acids is 1. The second-order valence-corrected chi connectivity index (χ2v) is 5.82. The van der Waals surface area contributed by atoms with E-state index in [4.69, 9.17) is 14.0 Å². The second-order valence-electron chi connectivity index (χ2n) is 5.82. The lowest BCUT2D eigenvalue weighted by Gasteiger charge is -2.06. The van der Waals surface area contributed by atoms with E-state index in [1.807, 2.05) is 51.1 Å². The van der Waals surface area contributed by atoms with Crippen molar-refractivity contribution in [1.82, 2.24) is 10.1 Å². The number of hydrogen-bond donors (Lipinski definition) is 0. The van der Waals surface area contributed by atoms with Crippen LogP contribution in [-0.2, 0) is 11.3 Å². The third-order valence-electron chi connectivity index (χ3n) is 3.97. The quantitative estimate of drug-likeness (QED) is 0.622. The minimum absolute atomic E-state index is 0.0877. The normalized spacial score (nSPS) is 10.6. The smallest absolute Gasteiger partial charge is 0.338 e. The Morgan fingerprint density at radius 3 is 2.69 bits per heavy atom. The number of rotatable bonds is 6. The molecule has 2 aromatic carbocycles. The summed E-state index contributed by atoms with van der Waals surface area (Å²) >= 11 is 0. The second kappa shape index (κ2) is 7.82. The van der Waals surface area contributed by atoms with E-state index >= 15 is 0 Å². The van der Waals surface area contributed by atoms with Crippen LogP contribution in [-0.4, -0.2) is 22.7 Å². The van der Waals surface area contributed by atoms with Gasteiger partial charge in [0.1, 0.15) is 5.75 Å². The third kappa shape index (κ3) is 3.91. The molecule has 0 radical (unpaired) electrons. The molecular weight excluding hydrogens is 332 g/mol. The zero-order valence-corrected chi connectivity index (χ0v) is 15.0. The molecule has 0 aliphatic heterocycles. The van der Waals surface area contributed by atoms with Crippen LogP contribution in [0.3, 0.4) is 0 Å². The first-order valence-electron chi connectivity index (χ1n) is 8.37. The maximum absolute atomic E-state index is 12.2. The van der Waals surface area contributed by atoms with Crippen LogP contribution in [0.4, 0.5) is 0 Å². The van der Waals surface area contributed by atoms with Crippen molar-refractivity contribution >= 4 is 5.97 Å². The van der Waals surface area contributed by atoms with Crippen LogP contribution in [0, 0.1) is 13.8 Å². The predicted octanol–water partition coefficient (Wildman–Crippen LogP) is 4.11. The minimum atomic E-state index is -0.428. The molecule has 0 amide bonds. The summed E-state index contributed by atoms with van der Waals surface area (Å²) in [5.74, 6) is 0.867. The number of nitrogens with zero attached hydrogens (tertiary/aromatic N) is 2.